The van der Waals surface area contributed by atoms with Crippen LogP contribution in [-0.4, -0.2) is 24.9 Å². The van der Waals surface area contributed by atoms with Crippen LogP contribution in [0.5, 0.6) is 0 Å². The van der Waals surface area contributed by atoms with Crippen LogP contribution in [0.2, 0.25) is 0 Å². The Balaban J connectivity index is 1.56. The van der Waals surface area contributed by atoms with Gasteiger partial charge in [-0.1, -0.05) is 23.0 Å². The second kappa shape index (κ2) is 8.40. The molecule has 0 fully saturated rings. The van der Waals surface area contributed by atoms with Crippen LogP contribution < -0.4 is 0 Å². The third kappa shape index (κ3) is 3.97. The first-order valence-corrected chi connectivity index (χ1v) is 9.94. The third-order valence-electron chi connectivity index (χ3n) is 4.43. The predicted octanol–water partition coefficient (Wildman–Crippen LogP) is 4.92. The highest BCUT2D eigenvalue weighted by atomic mass is 32.2. The molecule has 0 N–H and O–H groups in total. The molecule has 3 heterocycles. The number of benzene rings is 1. The Morgan fingerprint density at radius 1 is 1.10 bits per heavy atom. The third-order valence-corrected chi connectivity index (χ3v) is 5.41. The minimum Gasteiger partial charge on any atom is -0.356 e. The fourth-order valence-electron chi connectivity index (χ4n) is 2.91. The molecule has 0 saturated heterocycles. The minimum atomic E-state index is -0.284. The number of hydrogen-bond acceptors (Lipinski definition) is 6. The molecule has 0 aliphatic heterocycles. The molecule has 0 aliphatic rings. The van der Waals surface area contributed by atoms with Crippen LogP contribution in [0.3, 0.4) is 0 Å². The van der Waals surface area contributed by atoms with Gasteiger partial charge < -0.3 is 4.52 Å². The first-order chi connectivity index (χ1) is 14.2. The van der Waals surface area contributed by atoms with Crippen molar-refractivity contribution in [1.29, 1.82) is 0 Å². The monoisotopic (exact) mass is 407 g/mol. The summed E-state index contributed by atoms with van der Waals surface area (Å²) >= 11 is 1.52. The lowest BCUT2D eigenvalue weighted by Crippen LogP contribution is -2.01. The SMILES string of the molecule is C=CCn1c(SCc2noc(-c3ccc(F)cc3)c2C)nnc1-c1ccncc1. The van der Waals surface area contributed by atoms with E-state index in [0.717, 1.165) is 33.4 Å². The van der Waals surface area contributed by atoms with Gasteiger partial charge in [-0.15, -0.1) is 16.8 Å². The van der Waals surface area contributed by atoms with Crippen molar-refractivity contribution in [3.05, 3.63) is 78.5 Å². The molecule has 0 bridgehead atoms. The number of allylic oxidation sites excluding steroid dienone is 1. The summed E-state index contributed by atoms with van der Waals surface area (Å²) in [4.78, 5) is 4.05. The number of rotatable bonds is 7. The van der Waals surface area contributed by atoms with Gasteiger partial charge in [0.05, 0.1) is 5.69 Å². The van der Waals surface area contributed by atoms with Gasteiger partial charge in [0.2, 0.25) is 0 Å². The van der Waals surface area contributed by atoms with Gasteiger partial charge >= 0.3 is 0 Å². The Morgan fingerprint density at radius 2 is 1.86 bits per heavy atom. The molecule has 0 amide bonds. The second-order valence-electron chi connectivity index (χ2n) is 6.32. The molecule has 0 spiro atoms. The summed E-state index contributed by atoms with van der Waals surface area (Å²) in [6.45, 7) is 6.37. The summed E-state index contributed by atoms with van der Waals surface area (Å²) in [5.41, 5.74) is 3.47. The van der Waals surface area contributed by atoms with Crippen molar-refractivity contribution in [2.75, 3.05) is 0 Å². The van der Waals surface area contributed by atoms with Crippen molar-refractivity contribution in [2.24, 2.45) is 0 Å². The number of pyridine rings is 1. The molecule has 1 aromatic carbocycles. The van der Waals surface area contributed by atoms with E-state index in [4.69, 9.17) is 4.52 Å². The number of nitrogens with zero attached hydrogens (tertiary/aromatic N) is 5. The average molecular weight is 407 g/mol. The van der Waals surface area contributed by atoms with Gasteiger partial charge in [-0.25, -0.2) is 4.39 Å². The van der Waals surface area contributed by atoms with E-state index >= 15 is 0 Å². The van der Waals surface area contributed by atoms with E-state index in [9.17, 15) is 4.39 Å². The maximum Gasteiger partial charge on any atom is 0.192 e. The zero-order chi connectivity index (χ0) is 20.2. The van der Waals surface area contributed by atoms with Crippen molar-refractivity contribution >= 4 is 11.8 Å². The molecule has 6 nitrogen and oxygen atoms in total. The quantitative estimate of drug-likeness (QED) is 0.320. The fourth-order valence-corrected chi connectivity index (χ4v) is 3.86. The highest BCUT2D eigenvalue weighted by molar-refractivity contribution is 7.98. The smallest absolute Gasteiger partial charge is 0.192 e. The van der Waals surface area contributed by atoms with Crippen LogP contribution in [0.1, 0.15) is 11.3 Å². The normalized spacial score (nSPS) is 11.0. The van der Waals surface area contributed by atoms with Gasteiger partial charge in [-0.3, -0.25) is 9.55 Å². The standard InChI is InChI=1S/C21H18FN5OS/c1-3-12-27-20(16-8-10-23-11-9-16)24-25-21(27)29-13-18-14(2)19(28-26-18)15-4-6-17(22)7-5-15/h3-11H,1,12-13H2,2H3. The topological polar surface area (TPSA) is 69.6 Å². The Morgan fingerprint density at radius 3 is 2.59 bits per heavy atom. The number of aromatic nitrogens is 5. The van der Waals surface area contributed by atoms with Crippen LogP contribution in [0.15, 0.2) is 71.1 Å². The molecule has 0 radical (unpaired) electrons. The summed E-state index contributed by atoms with van der Waals surface area (Å²) < 4.78 is 20.7. The molecular formula is C21H18FN5OS. The first-order valence-electron chi connectivity index (χ1n) is 8.95. The van der Waals surface area contributed by atoms with E-state index in [1.54, 1.807) is 24.5 Å². The van der Waals surface area contributed by atoms with Gasteiger partial charge in [-0.2, -0.15) is 0 Å². The highest BCUT2D eigenvalue weighted by Gasteiger charge is 2.17. The molecule has 29 heavy (non-hydrogen) atoms. The molecular weight excluding hydrogens is 389 g/mol. The average Bonchev–Trinajstić information content (AvgIpc) is 3.31. The van der Waals surface area contributed by atoms with E-state index in [0.29, 0.717) is 18.1 Å². The molecule has 0 atom stereocenters. The summed E-state index contributed by atoms with van der Waals surface area (Å²) in [7, 11) is 0. The molecule has 4 rings (SSSR count). The first kappa shape index (κ1) is 19.1. The zero-order valence-electron chi connectivity index (χ0n) is 15.7. The number of halogens is 1. The fraction of sp³-hybridized carbons (Fsp3) is 0.143. The largest absolute Gasteiger partial charge is 0.356 e. The lowest BCUT2D eigenvalue weighted by atomic mass is 10.1. The predicted molar refractivity (Wildman–Crippen MR) is 110 cm³/mol. The van der Waals surface area contributed by atoms with Crippen molar-refractivity contribution in [3.8, 4) is 22.7 Å². The minimum absolute atomic E-state index is 0.284. The summed E-state index contributed by atoms with van der Waals surface area (Å²) in [5.74, 6) is 1.69. The number of thioether (sulfide) groups is 1. The summed E-state index contributed by atoms with van der Waals surface area (Å²) in [6.07, 6.45) is 5.27. The zero-order valence-corrected chi connectivity index (χ0v) is 16.6. The van der Waals surface area contributed by atoms with E-state index in [1.807, 2.05) is 29.7 Å². The van der Waals surface area contributed by atoms with Crippen molar-refractivity contribution in [2.45, 2.75) is 24.4 Å². The maximum absolute atomic E-state index is 13.2. The highest BCUT2D eigenvalue weighted by Crippen LogP contribution is 2.31. The molecule has 3 aromatic heterocycles. The Labute approximate surface area is 171 Å². The van der Waals surface area contributed by atoms with Crippen molar-refractivity contribution in [1.82, 2.24) is 24.9 Å². The Bertz CT molecular complexity index is 1120. The summed E-state index contributed by atoms with van der Waals surface area (Å²) in [6, 6.07) is 9.97. The van der Waals surface area contributed by atoms with Crippen LogP contribution in [0.25, 0.3) is 22.7 Å². The van der Waals surface area contributed by atoms with Crippen LogP contribution in [0, 0.1) is 12.7 Å². The molecule has 4 aromatic rings. The lowest BCUT2D eigenvalue weighted by Gasteiger charge is -2.07. The summed E-state index contributed by atoms with van der Waals surface area (Å²) in [5, 5.41) is 13.6. The van der Waals surface area contributed by atoms with E-state index in [2.05, 4.69) is 26.9 Å². The number of hydrogen-bond donors (Lipinski definition) is 0. The Hall–Kier alpha value is -3.26. The second-order valence-corrected chi connectivity index (χ2v) is 7.26. The van der Waals surface area contributed by atoms with Crippen molar-refractivity contribution in [3.63, 3.8) is 0 Å². The van der Waals surface area contributed by atoms with Gasteiger partial charge in [-0.05, 0) is 43.3 Å². The van der Waals surface area contributed by atoms with Crippen LogP contribution in [-0.2, 0) is 12.3 Å². The lowest BCUT2D eigenvalue weighted by molar-refractivity contribution is 0.426. The molecule has 0 unspecified atom stereocenters. The van der Waals surface area contributed by atoms with Crippen LogP contribution in [0.4, 0.5) is 4.39 Å². The van der Waals surface area contributed by atoms with E-state index < -0.39 is 0 Å². The molecule has 8 heteroatoms. The molecule has 0 aliphatic carbocycles. The maximum atomic E-state index is 13.2. The molecule has 0 saturated carbocycles. The van der Waals surface area contributed by atoms with E-state index in [-0.39, 0.29) is 5.82 Å². The van der Waals surface area contributed by atoms with Crippen molar-refractivity contribution < 1.29 is 8.91 Å². The van der Waals surface area contributed by atoms with Crippen LogP contribution >= 0.6 is 11.8 Å². The van der Waals surface area contributed by atoms with Gasteiger partial charge in [0.1, 0.15) is 5.82 Å². The van der Waals surface area contributed by atoms with Gasteiger partial charge in [0, 0.05) is 41.4 Å². The van der Waals surface area contributed by atoms with Gasteiger partial charge in [0.15, 0.2) is 16.7 Å². The Kier molecular flexibility index (Phi) is 5.53. The molecule has 146 valence electrons. The van der Waals surface area contributed by atoms with Gasteiger partial charge in [0.25, 0.3) is 0 Å². The van der Waals surface area contributed by atoms with E-state index in [1.165, 1.54) is 23.9 Å².